The number of nitrogens with zero attached hydrogens (tertiary/aromatic N) is 2. The Hall–Kier alpha value is -2.86. The molecule has 2 aromatic rings. The lowest BCUT2D eigenvalue weighted by molar-refractivity contribution is -0.127. The molecule has 0 aliphatic carbocycles. The van der Waals surface area contributed by atoms with Crippen molar-refractivity contribution in [2.45, 2.75) is 6.04 Å². The Morgan fingerprint density at radius 1 is 1.17 bits per heavy atom. The number of morpholine rings is 1. The first kappa shape index (κ1) is 15.1. The number of hydrogen-bond acceptors (Lipinski definition) is 4. The van der Waals surface area contributed by atoms with E-state index in [1.54, 1.807) is 29.2 Å². The number of oxime groups is 1. The molecule has 3 N–H and O–H groups in total. The summed E-state index contributed by atoms with van der Waals surface area (Å²) in [5.74, 6) is -0.0638. The van der Waals surface area contributed by atoms with Crippen LogP contribution in [0.2, 0.25) is 0 Å². The average Bonchev–Trinajstić information content (AvgIpc) is 2.62. The molecule has 0 unspecified atom stereocenters. The molecule has 1 amide bonds. The molecule has 0 aromatic heterocycles. The van der Waals surface area contributed by atoms with Crippen LogP contribution >= 0.6 is 0 Å². The van der Waals surface area contributed by atoms with Gasteiger partial charge in [-0.05, 0) is 29.8 Å². The lowest BCUT2D eigenvalue weighted by atomic mass is 10.0. The molecule has 0 radical (unpaired) electrons. The number of anilines is 1. The molecule has 1 heterocycles. The molecule has 118 valence electrons. The summed E-state index contributed by atoms with van der Waals surface area (Å²) in [6, 6.07) is 16.6. The fourth-order valence-corrected chi connectivity index (χ4v) is 2.67. The second-order valence-corrected chi connectivity index (χ2v) is 5.24. The number of rotatable bonds is 3. The number of amides is 1. The van der Waals surface area contributed by atoms with Crippen molar-refractivity contribution in [2.24, 2.45) is 10.9 Å². The van der Waals surface area contributed by atoms with Gasteiger partial charge in [-0.2, -0.15) is 0 Å². The molecule has 1 saturated heterocycles. The molecule has 3 rings (SSSR count). The van der Waals surface area contributed by atoms with Crippen molar-refractivity contribution in [1.82, 2.24) is 0 Å². The Labute approximate surface area is 133 Å². The third-order valence-electron chi connectivity index (χ3n) is 3.81. The second-order valence-electron chi connectivity index (χ2n) is 5.24. The fraction of sp³-hybridized carbons (Fsp3) is 0.176. The van der Waals surface area contributed by atoms with Crippen LogP contribution in [-0.4, -0.2) is 30.2 Å². The molecule has 1 aliphatic heterocycles. The molecular formula is C17H17N3O3. The largest absolute Gasteiger partial charge is 0.409 e. The summed E-state index contributed by atoms with van der Waals surface area (Å²) in [6.45, 7) is 0.503. The van der Waals surface area contributed by atoms with Gasteiger partial charge in [-0.3, -0.25) is 4.79 Å². The van der Waals surface area contributed by atoms with Crippen LogP contribution in [0, 0.1) is 0 Å². The van der Waals surface area contributed by atoms with Gasteiger partial charge in [-0.1, -0.05) is 35.5 Å². The summed E-state index contributed by atoms with van der Waals surface area (Å²) in [6.07, 6.45) is 0. The Morgan fingerprint density at radius 3 is 2.52 bits per heavy atom. The number of ether oxygens (including phenoxy) is 1. The van der Waals surface area contributed by atoms with Gasteiger partial charge in [0.05, 0.1) is 12.6 Å². The minimum absolute atomic E-state index is 0.0319. The highest BCUT2D eigenvalue weighted by Gasteiger charge is 2.31. The van der Waals surface area contributed by atoms with Crippen molar-refractivity contribution in [3.63, 3.8) is 0 Å². The highest BCUT2D eigenvalue weighted by Crippen LogP contribution is 2.30. The lowest BCUT2D eigenvalue weighted by Gasteiger charge is -2.35. The van der Waals surface area contributed by atoms with Gasteiger partial charge in [0.1, 0.15) is 6.61 Å². The Balaban J connectivity index is 1.95. The van der Waals surface area contributed by atoms with E-state index < -0.39 is 0 Å². The SMILES string of the molecule is N/C(=N\O)c1ccc(N2C(=O)COC[C@H]2c2ccccc2)cc1. The van der Waals surface area contributed by atoms with Crippen LogP contribution in [0.15, 0.2) is 59.8 Å². The summed E-state index contributed by atoms with van der Waals surface area (Å²) >= 11 is 0. The standard InChI is InChI=1S/C17H17N3O3/c18-17(19-22)13-6-8-14(9-7-13)20-15(10-23-11-16(20)21)12-4-2-1-3-5-12/h1-9,15,22H,10-11H2,(H2,18,19)/t15-/m0/s1. The number of carbonyl (C=O) groups excluding carboxylic acids is 1. The maximum Gasteiger partial charge on any atom is 0.253 e. The van der Waals surface area contributed by atoms with Crippen molar-refractivity contribution < 1.29 is 14.7 Å². The highest BCUT2D eigenvalue weighted by molar-refractivity contribution is 5.99. The van der Waals surface area contributed by atoms with Gasteiger partial charge in [0.2, 0.25) is 0 Å². The monoisotopic (exact) mass is 311 g/mol. The van der Waals surface area contributed by atoms with E-state index in [-0.39, 0.29) is 24.4 Å². The molecule has 6 nitrogen and oxygen atoms in total. The molecule has 0 spiro atoms. The predicted molar refractivity (Wildman–Crippen MR) is 86.4 cm³/mol. The minimum Gasteiger partial charge on any atom is -0.409 e. The summed E-state index contributed by atoms with van der Waals surface area (Å²) < 4.78 is 5.42. The van der Waals surface area contributed by atoms with Gasteiger partial charge in [-0.15, -0.1) is 0 Å². The topological polar surface area (TPSA) is 88.2 Å². The molecule has 6 heteroatoms. The maximum atomic E-state index is 12.4. The first-order valence-corrected chi connectivity index (χ1v) is 7.23. The van der Waals surface area contributed by atoms with Crippen LogP contribution < -0.4 is 10.6 Å². The van der Waals surface area contributed by atoms with E-state index in [0.717, 1.165) is 11.3 Å². The molecule has 0 saturated carbocycles. The molecular weight excluding hydrogens is 294 g/mol. The zero-order valence-electron chi connectivity index (χ0n) is 12.4. The maximum absolute atomic E-state index is 12.4. The van der Waals surface area contributed by atoms with Gasteiger partial charge in [0.25, 0.3) is 5.91 Å². The van der Waals surface area contributed by atoms with Crippen LogP contribution in [0.5, 0.6) is 0 Å². The van der Waals surface area contributed by atoms with Gasteiger partial charge in [0.15, 0.2) is 5.84 Å². The van der Waals surface area contributed by atoms with Crippen LogP contribution in [0.1, 0.15) is 17.2 Å². The van der Waals surface area contributed by atoms with E-state index in [9.17, 15) is 4.79 Å². The third-order valence-corrected chi connectivity index (χ3v) is 3.81. The fourth-order valence-electron chi connectivity index (χ4n) is 2.67. The molecule has 2 aromatic carbocycles. The predicted octanol–water partition coefficient (Wildman–Crippen LogP) is 1.89. The van der Waals surface area contributed by atoms with E-state index in [2.05, 4.69) is 5.16 Å². The van der Waals surface area contributed by atoms with Crippen molar-refractivity contribution in [2.75, 3.05) is 18.1 Å². The first-order chi connectivity index (χ1) is 11.2. The van der Waals surface area contributed by atoms with Crippen LogP contribution in [-0.2, 0) is 9.53 Å². The lowest BCUT2D eigenvalue weighted by Crippen LogP contribution is -2.44. The highest BCUT2D eigenvalue weighted by atomic mass is 16.5. The third kappa shape index (κ3) is 3.02. The second kappa shape index (κ2) is 6.50. The normalized spacial score (nSPS) is 19.0. The van der Waals surface area contributed by atoms with E-state index in [0.29, 0.717) is 12.2 Å². The van der Waals surface area contributed by atoms with Crippen molar-refractivity contribution >= 4 is 17.4 Å². The Kier molecular flexibility index (Phi) is 4.25. The first-order valence-electron chi connectivity index (χ1n) is 7.23. The molecule has 23 heavy (non-hydrogen) atoms. The van der Waals surface area contributed by atoms with Crippen LogP contribution in [0.4, 0.5) is 5.69 Å². The van der Waals surface area contributed by atoms with E-state index >= 15 is 0 Å². The zero-order valence-corrected chi connectivity index (χ0v) is 12.4. The van der Waals surface area contributed by atoms with E-state index in [4.69, 9.17) is 15.7 Å². The Bertz CT molecular complexity index is 714. The van der Waals surface area contributed by atoms with Gasteiger partial charge in [-0.25, -0.2) is 0 Å². The summed E-state index contributed by atoms with van der Waals surface area (Å²) in [5.41, 5.74) is 7.93. The average molecular weight is 311 g/mol. The minimum atomic E-state index is -0.174. The molecule has 1 fully saturated rings. The van der Waals surface area contributed by atoms with Gasteiger partial charge >= 0.3 is 0 Å². The van der Waals surface area contributed by atoms with Gasteiger partial charge < -0.3 is 20.6 Å². The van der Waals surface area contributed by atoms with Crippen molar-refractivity contribution in [3.05, 3.63) is 65.7 Å². The Morgan fingerprint density at radius 2 is 1.87 bits per heavy atom. The van der Waals surface area contributed by atoms with E-state index in [1.807, 2.05) is 30.3 Å². The molecule has 0 bridgehead atoms. The number of hydrogen-bond donors (Lipinski definition) is 2. The van der Waals surface area contributed by atoms with Crippen molar-refractivity contribution in [3.8, 4) is 0 Å². The number of nitrogens with two attached hydrogens (primary N) is 1. The van der Waals surface area contributed by atoms with E-state index in [1.165, 1.54) is 0 Å². The summed E-state index contributed by atoms with van der Waals surface area (Å²) in [7, 11) is 0. The molecule has 1 atom stereocenters. The zero-order chi connectivity index (χ0) is 16.2. The number of carbonyl (C=O) groups is 1. The van der Waals surface area contributed by atoms with Gasteiger partial charge in [0, 0.05) is 11.3 Å². The smallest absolute Gasteiger partial charge is 0.253 e. The van der Waals surface area contributed by atoms with Crippen LogP contribution in [0.25, 0.3) is 0 Å². The number of benzene rings is 2. The van der Waals surface area contributed by atoms with Crippen LogP contribution in [0.3, 0.4) is 0 Å². The molecule has 1 aliphatic rings. The quantitative estimate of drug-likeness (QED) is 0.392. The van der Waals surface area contributed by atoms with Crippen molar-refractivity contribution in [1.29, 1.82) is 0 Å². The number of amidine groups is 1. The summed E-state index contributed by atoms with van der Waals surface area (Å²) in [4.78, 5) is 14.1. The summed E-state index contributed by atoms with van der Waals surface area (Å²) in [5, 5.41) is 11.7.